The first-order chi connectivity index (χ1) is 7.29. The maximum Gasteiger partial charge on any atom is 0.178 e. The van der Waals surface area contributed by atoms with Gasteiger partial charge >= 0.3 is 0 Å². The van der Waals surface area contributed by atoms with Crippen LogP contribution in [0.1, 0.15) is 12.0 Å². The van der Waals surface area contributed by atoms with E-state index in [2.05, 4.69) is 15.6 Å². The molecule has 1 N–H and O–H groups in total. The Kier molecular flexibility index (Phi) is 1.85. The lowest BCUT2D eigenvalue weighted by atomic mass is 10.0. The first kappa shape index (κ1) is 8.97. The summed E-state index contributed by atoms with van der Waals surface area (Å²) >= 11 is 5.29. The summed E-state index contributed by atoms with van der Waals surface area (Å²) in [6.45, 7) is 1.03. The Bertz CT molecular complexity index is 582. The fourth-order valence-electron chi connectivity index (χ4n) is 2.31. The zero-order chi connectivity index (χ0) is 10.4. The summed E-state index contributed by atoms with van der Waals surface area (Å²) in [6, 6.07) is 4.12. The molecule has 0 bridgehead atoms. The summed E-state index contributed by atoms with van der Waals surface area (Å²) in [5, 5.41) is 0. The molecule has 0 spiro atoms. The van der Waals surface area contributed by atoms with Crippen LogP contribution in [-0.2, 0) is 13.0 Å². The van der Waals surface area contributed by atoms with Crippen LogP contribution in [0.3, 0.4) is 0 Å². The highest BCUT2D eigenvalue weighted by Crippen LogP contribution is 2.29. The molecule has 2 aromatic rings. The Balaban J connectivity index is 2.44. The SMILES string of the molecule is COc1cc2c3c(c1)[nH]c(=S)n3CCC2. The molecule has 0 amide bonds. The summed E-state index contributed by atoms with van der Waals surface area (Å²) in [6.07, 6.45) is 2.27. The van der Waals surface area contributed by atoms with Crippen LogP contribution in [0.5, 0.6) is 5.75 Å². The van der Waals surface area contributed by atoms with E-state index in [0.29, 0.717) is 0 Å². The second-order valence-corrected chi connectivity index (χ2v) is 4.25. The van der Waals surface area contributed by atoms with E-state index in [4.69, 9.17) is 17.0 Å². The van der Waals surface area contributed by atoms with Gasteiger partial charge in [-0.05, 0) is 36.7 Å². The van der Waals surface area contributed by atoms with Crippen molar-refractivity contribution in [3.63, 3.8) is 0 Å². The molecule has 0 radical (unpaired) electrons. The maximum absolute atomic E-state index is 5.29. The van der Waals surface area contributed by atoms with Gasteiger partial charge in [0.1, 0.15) is 5.75 Å². The van der Waals surface area contributed by atoms with Crippen LogP contribution in [0.25, 0.3) is 11.0 Å². The molecule has 0 saturated carbocycles. The van der Waals surface area contributed by atoms with Crippen LogP contribution in [0, 0.1) is 4.77 Å². The third-order valence-corrected chi connectivity index (χ3v) is 3.31. The highest BCUT2D eigenvalue weighted by atomic mass is 32.1. The van der Waals surface area contributed by atoms with Gasteiger partial charge in [-0.15, -0.1) is 0 Å². The van der Waals surface area contributed by atoms with Crippen molar-refractivity contribution in [3.05, 3.63) is 22.5 Å². The fourth-order valence-corrected chi connectivity index (χ4v) is 2.61. The fraction of sp³-hybridized carbons (Fsp3) is 0.364. The van der Waals surface area contributed by atoms with E-state index in [1.54, 1.807) is 7.11 Å². The van der Waals surface area contributed by atoms with E-state index in [1.807, 2.05) is 6.07 Å². The standard InChI is InChI=1S/C11H12N2OS/c1-14-8-5-7-3-2-4-13-10(7)9(6-8)12-11(13)15/h5-6H,2-4H2,1H3,(H,12,15). The number of H-pyrrole nitrogens is 1. The summed E-state index contributed by atoms with van der Waals surface area (Å²) in [5.41, 5.74) is 3.68. The number of ether oxygens (including phenoxy) is 1. The smallest absolute Gasteiger partial charge is 0.178 e. The number of aromatic nitrogens is 2. The molecule has 0 unspecified atom stereocenters. The lowest BCUT2D eigenvalue weighted by Gasteiger charge is -2.15. The summed E-state index contributed by atoms with van der Waals surface area (Å²) in [7, 11) is 1.70. The molecule has 1 aliphatic heterocycles. The second kappa shape index (κ2) is 3.10. The quantitative estimate of drug-likeness (QED) is 0.749. The van der Waals surface area contributed by atoms with Gasteiger partial charge < -0.3 is 14.3 Å². The second-order valence-electron chi connectivity index (χ2n) is 3.87. The minimum Gasteiger partial charge on any atom is -0.497 e. The number of aryl methyl sites for hydroxylation is 2. The molecule has 0 atom stereocenters. The zero-order valence-corrected chi connectivity index (χ0v) is 9.36. The van der Waals surface area contributed by atoms with Crippen LogP contribution < -0.4 is 4.74 Å². The zero-order valence-electron chi connectivity index (χ0n) is 8.54. The van der Waals surface area contributed by atoms with Crippen molar-refractivity contribution in [1.29, 1.82) is 0 Å². The Morgan fingerprint density at radius 1 is 1.47 bits per heavy atom. The molecule has 0 aliphatic carbocycles. The van der Waals surface area contributed by atoms with E-state index in [-0.39, 0.29) is 0 Å². The molecular weight excluding hydrogens is 208 g/mol. The van der Waals surface area contributed by atoms with Crippen molar-refractivity contribution in [2.45, 2.75) is 19.4 Å². The van der Waals surface area contributed by atoms with Gasteiger partial charge in [0.05, 0.1) is 18.1 Å². The topological polar surface area (TPSA) is 29.9 Å². The molecule has 1 aliphatic rings. The molecule has 78 valence electrons. The van der Waals surface area contributed by atoms with Crippen molar-refractivity contribution in [3.8, 4) is 5.75 Å². The first-order valence-electron chi connectivity index (χ1n) is 5.09. The van der Waals surface area contributed by atoms with Gasteiger partial charge in [-0.25, -0.2) is 0 Å². The number of rotatable bonds is 1. The Morgan fingerprint density at radius 3 is 3.13 bits per heavy atom. The number of methoxy groups -OCH3 is 1. The Morgan fingerprint density at radius 2 is 2.33 bits per heavy atom. The molecule has 0 saturated heterocycles. The van der Waals surface area contributed by atoms with E-state index in [1.165, 1.54) is 11.1 Å². The molecule has 1 aromatic heterocycles. The molecule has 15 heavy (non-hydrogen) atoms. The van der Waals surface area contributed by atoms with E-state index in [9.17, 15) is 0 Å². The van der Waals surface area contributed by atoms with Crippen LogP contribution in [0.2, 0.25) is 0 Å². The predicted octanol–water partition coefficient (Wildman–Crippen LogP) is 2.65. The normalized spacial score (nSPS) is 14.5. The van der Waals surface area contributed by atoms with E-state index >= 15 is 0 Å². The first-order valence-corrected chi connectivity index (χ1v) is 5.50. The minimum absolute atomic E-state index is 0.819. The lowest BCUT2D eigenvalue weighted by molar-refractivity contribution is 0.414. The maximum atomic E-state index is 5.29. The number of nitrogens with one attached hydrogen (secondary N) is 1. The van der Waals surface area contributed by atoms with Gasteiger partial charge in [0.25, 0.3) is 0 Å². The molecule has 4 heteroatoms. The predicted molar refractivity (Wildman–Crippen MR) is 62.0 cm³/mol. The number of imidazole rings is 1. The number of benzene rings is 1. The number of aromatic amines is 1. The molecule has 2 heterocycles. The van der Waals surface area contributed by atoms with Gasteiger partial charge in [-0.1, -0.05) is 0 Å². The van der Waals surface area contributed by atoms with Crippen molar-refractivity contribution in [2.75, 3.05) is 7.11 Å². The minimum atomic E-state index is 0.819. The van der Waals surface area contributed by atoms with Gasteiger partial charge in [0, 0.05) is 12.6 Å². The summed E-state index contributed by atoms with van der Waals surface area (Å²) in [4.78, 5) is 3.23. The number of hydrogen-bond donors (Lipinski definition) is 1. The van der Waals surface area contributed by atoms with Crippen molar-refractivity contribution >= 4 is 23.3 Å². The highest BCUT2D eigenvalue weighted by Gasteiger charge is 2.15. The summed E-state index contributed by atoms with van der Waals surface area (Å²) < 4.78 is 8.28. The third-order valence-electron chi connectivity index (χ3n) is 2.98. The lowest BCUT2D eigenvalue weighted by Crippen LogP contribution is -2.07. The van der Waals surface area contributed by atoms with E-state index in [0.717, 1.165) is 35.4 Å². The van der Waals surface area contributed by atoms with Crippen LogP contribution in [0.4, 0.5) is 0 Å². The van der Waals surface area contributed by atoms with E-state index < -0.39 is 0 Å². The van der Waals surface area contributed by atoms with Crippen LogP contribution >= 0.6 is 12.2 Å². The molecule has 0 fully saturated rings. The number of hydrogen-bond acceptors (Lipinski definition) is 2. The Labute approximate surface area is 92.7 Å². The molecule has 1 aromatic carbocycles. The third kappa shape index (κ3) is 1.21. The highest BCUT2D eigenvalue weighted by molar-refractivity contribution is 7.71. The van der Waals surface area contributed by atoms with Gasteiger partial charge in [-0.2, -0.15) is 0 Å². The van der Waals surface area contributed by atoms with Crippen molar-refractivity contribution < 1.29 is 4.74 Å². The largest absolute Gasteiger partial charge is 0.497 e. The van der Waals surface area contributed by atoms with Crippen LogP contribution in [-0.4, -0.2) is 16.7 Å². The Hall–Kier alpha value is -1.29. The van der Waals surface area contributed by atoms with Crippen LogP contribution in [0.15, 0.2) is 12.1 Å². The monoisotopic (exact) mass is 220 g/mol. The molecule has 3 nitrogen and oxygen atoms in total. The van der Waals surface area contributed by atoms with Gasteiger partial charge in [0.15, 0.2) is 4.77 Å². The molecular formula is C11H12N2OS. The molecule has 3 rings (SSSR count). The average molecular weight is 220 g/mol. The average Bonchev–Trinajstić information content (AvgIpc) is 2.58. The van der Waals surface area contributed by atoms with Gasteiger partial charge in [-0.3, -0.25) is 0 Å². The van der Waals surface area contributed by atoms with Gasteiger partial charge in [0.2, 0.25) is 0 Å². The van der Waals surface area contributed by atoms with Crippen molar-refractivity contribution in [2.24, 2.45) is 0 Å². The summed E-state index contributed by atoms with van der Waals surface area (Å²) in [5.74, 6) is 0.905. The number of nitrogens with zero attached hydrogens (tertiary/aromatic N) is 1. The van der Waals surface area contributed by atoms with Crippen molar-refractivity contribution in [1.82, 2.24) is 9.55 Å².